The fourth-order valence-electron chi connectivity index (χ4n) is 4.81. The lowest BCUT2D eigenvalue weighted by Crippen LogP contribution is -2.26. The van der Waals surface area contributed by atoms with Crippen molar-refractivity contribution in [1.29, 1.82) is 0 Å². The lowest BCUT2D eigenvalue weighted by molar-refractivity contribution is -0.129. The van der Waals surface area contributed by atoms with Gasteiger partial charge < -0.3 is 14.6 Å². The van der Waals surface area contributed by atoms with Gasteiger partial charge in [-0.1, -0.05) is 37.5 Å². The standard InChI is InChI=1S/C26H30N2O3S/c1-27(2)23(29)16-28-22-15-19(26(30)31)11-14-21(22)24(17-7-5-4-6-8-17)25(28)18-9-12-20(32-3)13-10-18/h9-15,17H,4-8,16H2,1-3H3,(H,30,31). The topological polar surface area (TPSA) is 62.5 Å². The van der Waals surface area contributed by atoms with Crippen LogP contribution in [0.15, 0.2) is 47.4 Å². The Labute approximate surface area is 193 Å². The number of aromatic nitrogens is 1. The number of fused-ring (bicyclic) bond motifs is 1. The zero-order valence-corrected chi connectivity index (χ0v) is 19.7. The number of rotatable bonds is 6. The summed E-state index contributed by atoms with van der Waals surface area (Å²) in [7, 11) is 3.51. The van der Waals surface area contributed by atoms with E-state index in [4.69, 9.17) is 0 Å². The number of hydrogen-bond donors (Lipinski definition) is 1. The number of carboxylic acids is 1. The molecular formula is C26H30N2O3S. The Morgan fingerprint density at radius 3 is 2.34 bits per heavy atom. The summed E-state index contributed by atoms with van der Waals surface area (Å²) in [5.74, 6) is -0.559. The minimum atomic E-state index is -0.955. The van der Waals surface area contributed by atoms with Crippen LogP contribution in [0.1, 0.15) is 53.9 Å². The summed E-state index contributed by atoms with van der Waals surface area (Å²) < 4.78 is 2.04. The Kier molecular flexibility index (Phi) is 6.60. The van der Waals surface area contributed by atoms with Gasteiger partial charge in [-0.25, -0.2) is 4.79 Å². The van der Waals surface area contributed by atoms with E-state index in [-0.39, 0.29) is 18.0 Å². The molecule has 3 aromatic rings. The van der Waals surface area contributed by atoms with Gasteiger partial charge in [0.15, 0.2) is 0 Å². The molecule has 6 heteroatoms. The highest BCUT2D eigenvalue weighted by Crippen LogP contribution is 2.44. The molecule has 1 fully saturated rings. The Morgan fingerprint density at radius 1 is 1.06 bits per heavy atom. The third-order valence-electron chi connectivity index (χ3n) is 6.52. The number of benzene rings is 2. The molecule has 1 N–H and O–H groups in total. The molecule has 0 unspecified atom stereocenters. The first-order valence-electron chi connectivity index (χ1n) is 11.1. The van der Waals surface area contributed by atoms with Gasteiger partial charge in [0.25, 0.3) is 0 Å². The number of amides is 1. The normalized spacial score (nSPS) is 14.6. The van der Waals surface area contributed by atoms with Crippen molar-refractivity contribution in [3.8, 4) is 11.3 Å². The van der Waals surface area contributed by atoms with E-state index in [0.717, 1.165) is 35.0 Å². The van der Waals surface area contributed by atoms with Gasteiger partial charge in [-0.15, -0.1) is 11.8 Å². The van der Waals surface area contributed by atoms with Gasteiger partial charge in [-0.3, -0.25) is 4.79 Å². The van der Waals surface area contributed by atoms with Crippen molar-refractivity contribution in [1.82, 2.24) is 9.47 Å². The van der Waals surface area contributed by atoms with Crippen LogP contribution in [0, 0.1) is 0 Å². The third-order valence-corrected chi connectivity index (χ3v) is 7.26. The largest absolute Gasteiger partial charge is 0.478 e. The maximum absolute atomic E-state index is 12.8. The molecule has 1 heterocycles. The summed E-state index contributed by atoms with van der Waals surface area (Å²) in [6.07, 6.45) is 7.96. The number of carboxylic acid groups (broad SMARTS) is 1. The number of hydrogen-bond acceptors (Lipinski definition) is 3. The Balaban J connectivity index is 2.02. The molecule has 0 saturated heterocycles. The summed E-state index contributed by atoms with van der Waals surface area (Å²) >= 11 is 1.70. The van der Waals surface area contributed by atoms with E-state index in [2.05, 4.69) is 30.5 Å². The van der Waals surface area contributed by atoms with Crippen LogP contribution in [0.25, 0.3) is 22.2 Å². The predicted octanol–water partition coefficient (Wildman–Crippen LogP) is 5.86. The molecule has 0 radical (unpaired) electrons. The quantitative estimate of drug-likeness (QED) is 0.478. The number of carbonyl (C=O) groups is 2. The molecule has 0 bridgehead atoms. The van der Waals surface area contributed by atoms with Crippen molar-refractivity contribution in [3.63, 3.8) is 0 Å². The van der Waals surface area contributed by atoms with Crippen molar-refractivity contribution >= 4 is 34.5 Å². The molecule has 168 valence electrons. The number of likely N-dealkylation sites (N-methyl/N-ethyl adjacent to an activating group) is 1. The second kappa shape index (κ2) is 9.41. The average molecular weight is 451 g/mol. The number of aromatic carboxylic acids is 1. The first kappa shape index (κ1) is 22.5. The molecule has 1 aliphatic rings. The van der Waals surface area contributed by atoms with Crippen molar-refractivity contribution in [2.24, 2.45) is 0 Å². The van der Waals surface area contributed by atoms with Gasteiger partial charge in [-0.05, 0) is 60.4 Å². The molecule has 1 aliphatic carbocycles. The van der Waals surface area contributed by atoms with Gasteiger partial charge in [-0.2, -0.15) is 0 Å². The van der Waals surface area contributed by atoms with Gasteiger partial charge >= 0.3 is 5.97 Å². The summed E-state index contributed by atoms with van der Waals surface area (Å²) in [5.41, 5.74) is 4.46. The molecule has 2 aromatic carbocycles. The third kappa shape index (κ3) is 4.29. The zero-order chi connectivity index (χ0) is 22.8. The van der Waals surface area contributed by atoms with Crippen molar-refractivity contribution in [3.05, 3.63) is 53.6 Å². The highest BCUT2D eigenvalue weighted by atomic mass is 32.2. The Hall–Kier alpha value is -2.73. The van der Waals surface area contributed by atoms with Gasteiger partial charge in [0.05, 0.1) is 16.8 Å². The monoisotopic (exact) mass is 450 g/mol. The molecular weight excluding hydrogens is 420 g/mol. The number of thioether (sulfide) groups is 1. The molecule has 0 spiro atoms. The summed E-state index contributed by atoms with van der Waals surface area (Å²) in [4.78, 5) is 27.3. The maximum atomic E-state index is 12.8. The fourth-order valence-corrected chi connectivity index (χ4v) is 5.22. The van der Waals surface area contributed by atoms with E-state index in [1.165, 1.54) is 29.7 Å². The molecule has 0 aliphatic heterocycles. The molecule has 0 atom stereocenters. The second-order valence-electron chi connectivity index (χ2n) is 8.74. The molecule has 1 saturated carbocycles. The maximum Gasteiger partial charge on any atom is 0.335 e. The Morgan fingerprint density at radius 2 is 1.75 bits per heavy atom. The molecule has 1 amide bonds. The van der Waals surface area contributed by atoms with Crippen LogP contribution in [0.5, 0.6) is 0 Å². The minimum absolute atomic E-state index is 0.0141. The highest BCUT2D eigenvalue weighted by Gasteiger charge is 2.28. The number of nitrogens with zero attached hydrogens (tertiary/aromatic N) is 2. The SMILES string of the molecule is CSc1ccc(-c2c(C3CCCCC3)c3ccc(C(=O)O)cc3n2CC(=O)N(C)C)cc1. The van der Waals surface area contributed by atoms with Gasteiger partial charge in [0, 0.05) is 24.4 Å². The molecule has 1 aromatic heterocycles. The van der Waals surface area contributed by atoms with Gasteiger partial charge in [0.1, 0.15) is 6.54 Å². The van der Waals surface area contributed by atoms with E-state index in [0.29, 0.717) is 5.92 Å². The van der Waals surface area contributed by atoms with E-state index in [1.807, 2.05) is 10.6 Å². The first-order valence-corrected chi connectivity index (χ1v) is 12.4. The van der Waals surface area contributed by atoms with Crippen LogP contribution in [0.2, 0.25) is 0 Å². The highest BCUT2D eigenvalue weighted by molar-refractivity contribution is 7.98. The van der Waals surface area contributed by atoms with Crippen LogP contribution in [-0.2, 0) is 11.3 Å². The van der Waals surface area contributed by atoms with Crippen molar-refractivity contribution in [2.45, 2.75) is 49.5 Å². The smallest absolute Gasteiger partial charge is 0.335 e. The zero-order valence-electron chi connectivity index (χ0n) is 18.9. The average Bonchev–Trinajstić information content (AvgIpc) is 3.12. The van der Waals surface area contributed by atoms with Gasteiger partial charge in [0.2, 0.25) is 5.91 Å². The van der Waals surface area contributed by atoms with Crippen LogP contribution in [0.3, 0.4) is 0 Å². The van der Waals surface area contributed by atoms with E-state index in [9.17, 15) is 14.7 Å². The number of carbonyl (C=O) groups excluding carboxylic acids is 1. The molecule has 4 rings (SSSR count). The molecule has 32 heavy (non-hydrogen) atoms. The van der Waals surface area contributed by atoms with Crippen LogP contribution >= 0.6 is 11.8 Å². The Bertz CT molecular complexity index is 1140. The fraction of sp³-hybridized carbons (Fsp3) is 0.385. The van der Waals surface area contributed by atoms with Crippen LogP contribution < -0.4 is 0 Å². The lowest BCUT2D eigenvalue weighted by Gasteiger charge is -2.24. The van der Waals surface area contributed by atoms with E-state index >= 15 is 0 Å². The lowest BCUT2D eigenvalue weighted by atomic mass is 9.82. The van der Waals surface area contributed by atoms with Crippen molar-refractivity contribution < 1.29 is 14.7 Å². The van der Waals surface area contributed by atoms with E-state index < -0.39 is 5.97 Å². The van der Waals surface area contributed by atoms with Crippen LogP contribution in [-0.4, -0.2) is 46.8 Å². The van der Waals surface area contributed by atoms with E-state index in [1.54, 1.807) is 42.9 Å². The summed E-state index contributed by atoms with van der Waals surface area (Å²) in [6.45, 7) is 0.179. The second-order valence-corrected chi connectivity index (χ2v) is 9.62. The predicted molar refractivity (Wildman–Crippen MR) is 131 cm³/mol. The molecule has 5 nitrogen and oxygen atoms in total. The van der Waals surface area contributed by atoms with Crippen LogP contribution in [0.4, 0.5) is 0 Å². The summed E-state index contributed by atoms with van der Waals surface area (Å²) in [6, 6.07) is 13.8. The van der Waals surface area contributed by atoms with Crippen molar-refractivity contribution in [2.75, 3.05) is 20.4 Å². The summed E-state index contributed by atoms with van der Waals surface area (Å²) in [5, 5.41) is 10.7. The first-order chi connectivity index (χ1) is 15.4. The minimum Gasteiger partial charge on any atom is -0.478 e.